The minimum Gasteiger partial charge on any atom is -0.385 e. The lowest BCUT2D eigenvalue weighted by atomic mass is 9.86. The summed E-state index contributed by atoms with van der Waals surface area (Å²) in [6.07, 6.45) is 3.72. The van der Waals surface area contributed by atoms with Crippen LogP contribution in [0.25, 0.3) is 0 Å². The fraction of sp³-hybridized carbons (Fsp3) is 0.696. The molecular weight excluding hydrogens is 398 g/mol. The second kappa shape index (κ2) is 10.6. The highest BCUT2D eigenvalue weighted by Gasteiger charge is 2.26. The lowest BCUT2D eigenvalue weighted by Gasteiger charge is -2.31. The molecule has 170 valence electrons. The van der Waals surface area contributed by atoms with Gasteiger partial charge in [0.05, 0.1) is 5.25 Å². The van der Waals surface area contributed by atoms with Crippen molar-refractivity contribution in [1.82, 2.24) is 9.62 Å². The molecule has 1 aliphatic carbocycles. The first-order valence-corrected chi connectivity index (χ1v) is 12.7. The molecule has 0 aromatic heterocycles. The molecule has 6 nitrogen and oxygen atoms in total. The number of rotatable bonds is 9. The van der Waals surface area contributed by atoms with Gasteiger partial charge >= 0.3 is 0 Å². The second-order valence-corrected chi connectivity index (χ2v) is 11.6. The molecule has 0 unspecified atom stereocenters. The maximum absolute atomic E-state index is 12.9. The topological polar surface area (TPSA) is 78.5 Å². The van der Waals surface area contributed by atoms with Crippen LogP contribution in [-0.2, 0) is 10.0 Å². The Labute approximate surface area is 182 Å². The number of benzene rings is 1. The Hall–Kier alpha value is -1.60. The molecule has 7 heteroatoms. The Kier molecular flexibility index (Phi) is 8.73. The molecule has 2 rings (SSSR count). The molecule has 0 spiro atoms. The maximum Gasteiger partial charge on any atom is 0.254 e. The monoisotopic (exact) mass is 437 g/mol. The summed E-state index contributed by atoms with van der Waals surface area (Å²) in [7, 11) is -3.20. The number of hydrogen-bond acceptors (Lipinski definition) is 4. The van der Waals surface area contributed by atoms with Crippen LogP contribution in [0.1, 0.15) is 77.6 Å². The molecule has 1 fully saturated rings. The van der Waals surface area contributed by atoms with Crippen molar-refractivity contribution >= 4 is 21.6 Å². The average Bonchev–Trinajstić information content (AvgIpc) is 2.66. The third-order valence-electron chi connectivity index (χ3n) is 5.85. The highest BCUT2D eigenvalue weighted by molar-refractivity contribution is 7.90. The Morgan fingerprint density at radius 3 is 2.17 bits per heavy atom. The number of carbonyl (C=O) groups excluding carboxylic acids is 1. The van der Waals surface area contributed by atoms with E-state index in [1.54, 1.807) is 13.8 Å². The molecule has 0 radical (unpaired) electrons. The molecule has 0 bridgehead atoms. The number of carbonyl (C=O) groups is 1. The van der Waals surface area contributed by atoms with Gasteiger partial charge in [-0.05, 0) is 91.3 Å². The molecule has 0 aliphatic heterocycles. The standard InChI is InChI=1S/C23H39N3O3S/c1-16(2)26(17(3)4)23(27)20-8-7-9-22(14-20)24-15-19-10-12-21(13-11-19)25-30(28,29)18(5)6/h7-9,14,16-19,21,24-25H,10-13,15H2,1-6H3/t19-,21-. The molecule has 1 saturated carbocycles. The van der Waals surface area contributed by atoms with E-state index in [4.69, 9.17) is 0 Å². The Bertz CT molecular complexity index is 790. The summed E-state index contributed by atoms with van der Waals surface area (Å²) in [5, 5.41) is 3.08. The highest BCUT2D eigenvalue weighted by Crippen LogP contribution is 2.26. The largest absolute Gasteiger partial charge is 0.385 e. The summed E-state index contributed by atoms with van der Waals surface area (Å²) >= 11 is 0. The third kappa shape index (κ3) is 6.71. The first kappa shape index (κ1) is 24.7. The van der Waals surface area contributed by atoms with Crippen LogP contribution in [-0.4, -0.2) is 49.1 Å². The van der Waals surface area contributed by atoms with Gasteiger partial charge in [-0.3, -0.25) is 4.79 Å². The zero-order valence-electron chi connectivity index (χ0n) is 19.3. The van der Waals surface area contributed by atoms with Crippen LogP contribution in [0, 0.1) is 5.92 Å². The third-order valence-corrected chi connectivity index (χ3v) is 7.75. The van der Waals surface area contributed by atoms with E-state index in [2.05, 4.69) is 10.0 Å². The van der Waals surface area contributed by atoms with Crippen LogP contribution in [0.2, 0.25) is 0 Å². The molecule has 30 heavy (non-hydrogen) atoms. The van der Waals surface area contributed by atoms with Gasteiger partial charge in [-0.2, -0.15) is 0 Å². The zero-order chi connectivity index (χ0) is 22.5. The van der Waals surface area contributed by atoms with Gasteiger partial charge in [-0.15, -0.1) is 0 Å². The van der Waals surface area contributed by atoms with Crippen LogP contribution in [0.3, 0.4) is 0 Å². The minimum atomic E-state index is -3.20. The molecule has 1 aromatic rings. The van der Waals surface area contributed by atoms with Crippen molar-refractivity contribution in [3.05, 3.63) is 29.8 Å². The molecule has 1 aliphatic rings. The van der Waals surface area contributed by atoms with Crippen LogP contribution in [0.15, 0.2) is 24.3 Å². The van der Waals surface area contributed by atoms with Crippen molar-refractivity contribution in [1.29, 1.82) is 0 Å². The van der Waals surface area contributed by atoms with Crippen molar-refractivity contribution in [2.75, 3.05) is 11.9 Å². The SMILES string of the molecule is CC(C)N(C(=O)c1cccc(NC[C@H]2CC[C@H](NS(=O)(=O)C(C)C)CC2)c1)C(C)C. The van der Waals surface area contributed by atoms with E-state index in [1.807, 2.05) is 56.9 Å². The summed E-state index contributed by atoms with van der Waals surface area (Å²) in [4.78, 5) is 14.8. The van der Waals surface area contributed by atoms with E-state index >= 15 is 0 Å². The Morgan fingerprint density at radius 1 is 1.03 bits per heavy atom. The predicted octanol–water partition coefficient (Wildman–Crippen LogP) is 4.24. The van der Waals surface area contributed by atoms with E-state index < -0.39 is 15.3 Å². The molecule has 0 atom stereocenters. The fourth-order valence-electron chi connectivity index (χ4n) is 4.09. The molecular formula is C23H39N3O3S. The van der Waals surface area contributed by atoms with Gasteiger partial charge in [0.15, 0.2) is 0 Å². The second-order valence-electron chi connectivity index (χ2n) is 9.29. The summed E-state index contributed by atoms with van der Waals surface area (Å²) in [5.74, 6) is 0.564. The predicted molar refractivity (Wildman–Crippen MR) is 124 cm³/mol. The number of amides is 1. The van der Waals surface area contributed by atoms with Crippen molar-refractivity contribution in [3.8, 4) is 0 Å². The summed E-state index contributed by atoms with van der Waals surface area (Å²) in [6, 6.07) is 8.07. The van der Waals surface area contributed by atoms with Crippen LogP contribution in [0.4, 0.5) is 5.69 Å². The molecule has 0 saturated heterocycles. The van der Waals surface area contributed by atoms with Gasteiger partial charge < -0.3 is 10.2 Å². The van der Waals surface area contributed by atoms with E-state index in [9.17, 15) is 13.2 Å². The van der Waals surface area contributed by atoms with E-state index in [0.717, 1.165) is 37.9 Å². The van der Waals surface area contributed by atoms with Gasteiger partial charge in [0, 0.05) is 35.9 Å². The number of sulfonamides is 1. The summed E-state index contributed by atoms with van der Waals surface area (Å²) in [5.41, 5.74) is 1.66. The van der Waals surface area contributed by atoms with Gasteiger partial charge in [0.25, 0.3) is 5.91 Å². The summed E-state index contributed by atoms with van der Waals surface area (Å²) in [6.45, 7) is 12.4. The Morgan fingerprint density at radius 2 is 1.63 bits per heavy atom. The average molecular weight is 438 g/mol. The minimum absolute atomic E-state index is 0.0487. The summed E-state index contributed by atoms with van der Waals surface area (Å²) < 4.78 is 27.0. The maximum atomic E-state index is 12.9. The smallest absolute Gasteiger partial charge is 0.254 e. The van der Waals surface area contributed by atoms with Crippen molar-refractivity contribution < 1.29 is 13.2 Å². The van der Waals surface area contributed by atoms with E-state index in [0.29, 0.717) is 11.5 Å². The van der Waals surface area contributed by atoms with Crippen molar-refractivity contribution in [3.63, 3.8) is 0 Å². The first-order chi connectivity index (χ1) is 14.0. The number of anilines is 1. The Balaban J connectivity index is 1.89. The fourth-order valence-corrected chi connectivity index (χ4v) is 5.06. The zero-order valence-corrected chi connectivity index (χ0v) is 20.1. The van der Waals surface area contributed by atoms with Gasteiger partial charge in [-0.25, -0.2) is 13.1 Å². The van der Waals surface area contributed by atoms with Crippen molar-refractivity contribution in [2.24, 2.45) is 5.92 Å². The van der Waals surface area contributed by atoms with E-state index in [1.165, 1.54) is 0 Å². The van der Waals surface area contributed by atoms with E-state index in [-0.39, 0.29) is 24.0 Å². The molecule has 1 aromatic carbocycles. The van der Waals surface area contributed by atoms with Gasteiger partial charge in [0.2, 0.25) is 10.0 Å². The van der Waals surface area contributed by atoms with Crippen LogP contribution < -0.4 is 10.0 Å². The molecule has 1 amide bonds. The van der Waals surface area contributed by atoms with Gasteiger partial charge in [0.1, 0.15) is 0 Å². The molecule has 0 heterocycles. The normalized spacial score (nSPS) is 20.0. The number of nitrogens with zero attached hydrogens (tertiary/aromatic N) is 1. The van der Waals surface area contributed by atoms with Crippen LogP contribution >= 0.6 is 0 Å². The number of hydrogen-bond donors (Lipinski definition) is 2. The number of nitrogens with one attached hydrogen (secondary N) is 2. The quantitative estimate of drug-likeness (QED) is 0.605. The highest BCUT2D eigenvalue weighted by atomic mass is 32.2. The first-order valence-electron chi connectivity index (χ1n) is 11.2. The van der Waals surface area contributed by atoms with Crippen molar-refractivity contribution in [2.45, 2.75) is 90.6 Å². The van der Waals surface area contributed by atoms with Crippen LogP contribution in [0.5, 0.6) is 0 Å². The molecule has 2 N–H and O–H groups in total. The lowest BCUT2D eigenvalue weighted by molar-refractivity contribution is 0.0643. The van der Waals surface area contributed by atoms with Gasteiger partial charge in [-0.1, -0.05) is 6.07 Å². The lowest BCUT2D eigenvalue weighted by Crippen LogP contribution is -2.42.